The molecule has 1 aromatic carbocycles. The maximum Gasteiger partial charge on any atom is 0.224 e. The summed E-state index contributed by atoms with van der Waals surface area (Å²) in [6, 6.07) is 3.38. The molecule has 19 heavy (non-hydrogen) atoms. The summed E-state index contributed by atoms with van der Waals surface area (Å²) in [5.74, 6) is -0.706. The molecule has 0 aliphatic heterocycles. The van der Waals surface area contributed by atoms with Gasteiger partial charge >= 0.3 is 0 Å². The molecule has 0 unspecified atom stereocenters. The molecule has 2 aromatic heterocycles. The van der Waals surface area contributed by atoms with Gasteiger partial charge in [0, 0.05) is 0 Å². The predicted octanol–water partition coefficient (Wildman–Crippen LogP) is 3.67. The molecule has 9 heteroatoms. The van der Waals surface area contributed by atoms with Gasteiger partial charge in [-0.2, -0.15) is 13.7 Å². The number of nitrogens with one attached hydrogen (secondary N) is 1. The van der Waals surface area contributed by atoms with Crippen LogP contribution in [0.3, 0.4) is 0 Å². The van der Waals surface area contributed by atoms with Crippen LogP contribution in [0.5, 0.6) is 0 Å². The Balaban J connectivity index is 2.12. The Kier molecular flexibility index (Phi) is 3.17. The fraction of sp³-hybridized carbons (Fsp3) is 0. The van der Waals surface area contributed by atoms with Crippen LogP contribution in [0, 0.1) is 5.82 Å². The van der Waals surface area contributed by atoms with Crippen molar-refractivity contribution in [2.24, 2.45) is 0 Å². The summed E-state index contributed by atoms with van der Waals surface area (Å²) in [5, 5.41) is 3.09. The third kappa shape index (κ3) is 2.32. The second kappa shape index (κ2) is 4.84. The number of fused-ring (bicyclic) bond motifs is 1. The quantitative estimate of drug-likeness (QED) is 0.731. The lowest BCUT2D eigenvalue weighted by atomic mass is 10.2. The number of nitrogens with zero attached hydrogens (tertiary/aromatic N) is 4. The Morgan fingerprint density at radius 3 is 2.89 bits per heavy atom. The zero-order chi connectivity index (χ0) is 13.4. The summed E-state index contributed by atoms with van der Waals surface area (Å²) < 4.78 is 21.8. The Morgan fingerprint density at radius 1 is 1.21 bits per heavy atom. The molecule has 0 saturated heterocycles. The summed E-state index contributed by atoms with van der Waals surface area (Å²) in [4.78, 5) is 7.30. The van der Waals surface area contributed by atoms with Crippen LogP contribution in [0.15, 0.2) is 18.3 Å². The van der Waals surface area contributed by atoms with E-state index in [1.807, 2.05) is 0 Å². The number of rotatable bonds is 2. The van der Waals surface area contributed by atoms with Crippen LogP contribution < -0.4 is 5.32 Å². The average molecular weight is 316 g/mol. The molecule has 0 bridgehead atoms. The van der Waals surface area contributed by atoms with Crippen LogP contribution in [0.4, 0.5) is 15.9 Å². The van der Waals surface area contributed by atoms with Crippen molar-refractivity contribution in [3.8, 4) is 0 Å². The third-order valence-electron chi connectivity index (χ3n) is 2.34. The minimum Gasteiger partial charge on any atom is -0.335 e. The molecule has 0 aliphatic carbocycles. The fourth-order valence-electron chi connectivity index (χ4n) is 1.50. The van der Waals surface area contributed by atoms with Crippen molar-refractivity contribution in [3.63, 3.8) is 0 Å². The highest BCUT2D eigenvalue weighted by Crippen LogP contribution is 2.32. The van der Waals surface area contributed by atoms with Gasteiger partial charge in [-0.3, -0.25) is 0 Å². The van der Waals surface area contributed by atoms with Gasteiger partial charge in [0.15, 0.2) is 11.6 Å². The van der Waals surface area contributed by atoms with Crippen molar-refractivity contribution >= 4 is 57.5 Å². The molecule has 2 heterocycles. The minimum atomic E-state index is -0.638. The summed E-state index contributed by atoms with van der Waals surface area (Å²) in [7, 11) is 0. The highest BCUT2D eigenvalue weighted by atomic mass is 35.5. The number of benzene rings is 1. The summed E-state index contributed by atoms with van der Waals surface area (Å²) >= 11 is 12.8. The summed E-state index contributed by atoms with van der Waals surface area (Å²) in [6.07, 6.45) is 0.977. The Morgan fingerprint density at radius 2 is 2.05 bits per heavy atom. The molecule has 0 amide bonds. The first-order valence-electron chi connectivity index (χ1n) is 5.01. The molecule has 3 rings (SSSR count). The Hall–Kier alpha value is -1.57. The van der Waals surface area contributed by atoms with E-state index in [-0.39, 0.29) is 11.1 Å². The largest absolute Gasteiger partial charge is 0.335 e. The van der Waals surface area contributed by atoms with Crippen LogP contribution in [-0.2, 0) is 0 Å². The van der Waals surface area contributed by atoms with Crippen molar-refractivity contribution in [1.82, 2.24) is 18.7 Å². The molecule has 0 saturated carbocycles. The molecular formula is C10H4Cl2FN5S. The van der Waals surface area contributed by atoms with E-state index in [1.165, 1.54) is 0 Å². The van der Waals surface area contributed by atoms with E-state index in [9.17, 15) is 4.39 Å². The first kappa shape index (κ1) is 12.5. The van der Waals surface area contributed by atoms with Gasteiger partial charge in [0.2, 0.25) is 5.28 Å². The van der Waals surface area contributed by atoms with Crippen LogP contribution in [0.2, 0.25) is 10.3 Å². The molecule has 0 aliphatic rings. The zero-order valence-electron chi connectivity index (χ0n) is 9.06. The lowest BCUT2D eigenvalue weighted by molar-refractivity contribution is 0.619. The van der Waals surface area contributed by atoms with Gasteiger partial charge in [-0.15, -0.1) is 0 Å². The second-order valence-electron chi connectivity index (χ2n) is 3.51. The lowest BCUT2D eigenvalue weighted by Crippen LogP contribution is -2.00. The highest BCUT2D eigenvalue weighted by molar-refractivity contribution is 7.00. The van der Waals surface area contributed by atoms with E-state index < -0.39 is 5.82 Å². The second-order valence-corrected chi connectivity index (χ2v) is 4.79. The van der Waals surface area contributed by atoms with Crippen LogP contribution in [0.1, 0.15) is 0 Å². The standard InChI is InChI=1S/C10H4Cl2FN5S/c11-4-1-2-6-8(18-19-17-6)7(4)15-9-5(13)3-14-10(12)16-9/h1-3H,(H,14,15,16). The average Bonchev–Trinajstić information content (AvgIpc) is 2.85. The van der Waals surface area contributed by atoms with E-state index in [4.69, 9.17) is 23.2 Å². The van der Waals surface area contributed by atoms with E-state index in [2.05, 4.69) is 24.0 Å². The molecule has 0 spiro atoms. The molecule has 96 valence electrons. The van der Waals surface area contributed by atoms with Crippen LogP contribution in [0.25, 0.3) is 11.0 Å². The number of aromatic nitrogens is 4. The van der Waals surface area contributed by atoms with Gasteiger partial charge in [-0.1, -0.05) is 11.6 Å². The first-order chi connectivity index (χ1) is 9.15. The number of anilines is 2. The van der Waals surface area contributed by atoms with Crippen molar-refractivity contribution in [2.45, 2.75) is 0 Å². The topological polar surface area (TPSA) is 63.6 Å². The summed E-state index contributed by atoms with van der Waals surface area (Å²) in [5.41, 5.74) is 1.64. The number of hydrogen-bond donors (Lipinski definition) is 1. The normalized spacial score (nSPS) is 10.9. The molecule has 0 fully saturated rings. The van der Waals surface area contributed by atoms with Gasteiger partial charge in [-0.25, -0.2) is 9.37 Å². The lowest BCUT2D eigenvalue weighted by Gasteiger charge is -2.08. The SMILES string of the molecule is Fc1cnc(Cl)nc1Nc1c(Cl)ccc2nsnc12. The van der Waals surface area contributed by atoms with Crippen molar-refractivity contribution < 1.29 is 4.39 Å². The van der Waals surface area contributed by atoms with Crippen LogP contribution in [-0.4, -0.2) is 18.7 Å². The molecule has 5 nitrogen and oxygen atoms in total. The zero-order valence-corrected chi connectivity index (χ0v) is 11.4. The minimum absolute atomic E-state index is 0.0661. The molecule has 1 N–H and O–H groups in total. The van der Waals surface area contributed by atoms with Crippen molar-refractivity contribution in [1.29, 1.82) is 0 Å². The third-order valence-corrected chi connectivity index (χ3v) is 3.37. The molecule has 0 radical (unpaired) electrons. The molecule has 3 aromatic rings. The van der Waals surface area contributed by atoms with Gasteiger partial charge < -0.3 is 5.32 Å². The van der Waals surface area contributed by atoms with Crippen molar-refractivity contribution in [3.05, 3.63) is 34.5 Å². The number of hydrogen-bond acceptors (Lipinski definition) is 6. The van der Waals surface area contributed by atoms with Crippen LogP contribution >= 0.6 is 34.9 Å². The monoisotopic (exact) mass is 315 g/mol. The maximum absolute atomic E-state index is 13.6. The molecular weight excluding hydrogens is 312 g/mol. The van der Waals surface area contributed by atoms with E-state index in [0.29, 0.717) is 21.7 Å². The van der Waals surface area contributed by atoms with Gasteiger partial charge in [0.1, 0.15) is 11.0 Å². The predicted molar refractivity (Wildman–Crippen MR) is 72.7 cm³/mol. The van der Waals surface area contributed by atoms with Gasteiger partial charge in [-0.05, 0) is 23.7 Å². The van der Waals surface area contributed by atoms with Crippen molar-refractivity contribution in [2.75, 3.05) is 5.32 Å². The van der Waals surface area contributed by atoms with E-state index in [0.717, 1.165) is 17.9 Å². The Bertz CT molecular complexity index is 763. The maximum atomic E-state index is 13.6. The Labute approximate surface area is 120 Å². The van der Waals surface area contributed by atoms with E-state index in [1.54, 1.807) is 12.1 Å². The summed E-state index contributed by atoms with van der Waals surface area (Å²) in [6.45, 7) is 0. The highest BCUT2D eigenvalue weighted by Gasteiger charge is 2.13. The fourth-order valence-corrected chi connectivity index (χ4v) is 2.37. The molecule has 0 atom stereocenters. The smallest absolute Gasteiger partial charge is 0.224 e. The number of halogens is 3. The van der Waals surface area contributed by atoms with E-state index >= 15 is 0 Å². The first-order valence-corrected chi connectivity index (χ1v) is 6.49. The van der Waals surface area contributed by atoms with Gasteiger partial charge in [0.05, 0.1) is 28.6 Å². The van der Waals surface area contributed by atoms with Gasteiger partial charge in [0.25, 0.3) is 0 Å².